The molecule has 1 heterocycles. The van der Waals surface area contributed by atoms with Gasteiger partial charge in [-0.3, -0.25) is 4.67 Å². The van der Waals surface area contributed by atoms with E-state index in [4.69, 9.17) is 4.74 Å². The quantitative estimate of drug-likeness (QED) is 0.718. The highest BCUT2D eigenvalue weighted by Gasteiger charge is 2.43. The summed E-state index contributed by atoms with van der Waals surface area (Å²) in [4.78, 5) is 0. The van der Waals surface area contributed by atoms with Crippen LogP contribution in [0.1, 0.15) is 19.8 Å². The minimum absolute atomic E-state index is 0.00934. The van der Waals surface area contributed by atoms with Crippen molar-refractivity contribution in [1.82, 2.24) is 4.67 Å². The van der Waals surface area contributed by atoms with Crippen molar-refractivity contribution in [3.63, 3.8) is 0 Å². The predicted molar refractivity (Wildman–Crippen MR) is 60.0 cm³/mol. The summed E-state index contributed by atoms with van der Waals surface area (Å²) >= 11 is 0. The van der Waals surface area contributed by atoms with Crippen LogP contribution in [0, 0.1) is 0 Å². The molecule has 2 atom stereocenters. The zero-order chi connectivity index (χ0) is 12.2. The molecule has 0 amide bonds. The van der Waals surface area contributed by atoms with E-state index in [9.17, 15) is 13.2 Å². The van der Waals surface area contributed by atoms with Gasteiger partial charge in [0, 0.05) is 13.1 Å². The Morgan fingerprint density at radius 2 is 2.12 bits per heavy atom. The molecule has 0 bridgehead atoms. The topological polar surface area (TPSA) is 12.5 Å². The third-order valence-electron chi connectivity index (χ3n) is 2.73. The molecular weight excluding hydrogens is 238 g/mol. The largest absolute Gasteiger partial charge is 0.415 e. The number of nitrogens with zero attached hydrogens (tertiary/aromatic N) is 1. The van der Waals surface area contributed by atoms with Crippen LogP contribution in [-0.2, 0) is 4.74 Å². The second-order valence-corrected chi connectivity index (χ2v) is 6.38. The van der Waals surface area contributed by atoms with E-state index in [0.717, 1.165) is 19.0 Å². The highest BCUT2D eigenvalue weighted by molar-refractivity contribution is 7.54. The van der Waals surface area contributed by atoms with Crippen LogP contribution in [0.2, 0.25) is 0 Å². The lowest BCUT2D eigenvalue weighted by atomic mass is 10.3. The van der Waals surface area contributed by atoms with Crippen molar-refractivity contribution in [2.24, 2.45) is 0 Å². The lowest BCUT2D eigenvalue weighted by Gasteiger charge is -2.37. The number of halogens is 3. The van der Waals surface area contributed by atoms with Crippen molar-refractivity contribution >= 4 is 8.07 Å². The van der Waals surface area contributed by atoms with Crippen LogP contribution in [0.25, 0.3) is 0 Å². The third-order valence-corrected chi connectivity index (χ3v) is 5.02. The fraction of sp³-hybridized carbons (Fsp3) is 1.00. The number of morpholine rings is 1. The van der Waals surface area contributed by atoms with Gasteiger partial charge in [0.1, 0.15) is 0 Å². The minimum Gasteiger partial charge on any atom is -0.366 e. The Balaban J connectivity index is 2.43. The Morgan fingerprint density at radius 3 is 2.69 bits per heavy atom. The first-order valence-corrected chi connectivity index (χ1v) is 7.52. The van der Waals surface area contributed by atoms with E-state index in [0.29, 0.717) is 6.54 Å². The molecule has 0 aromatic carbocycles. The van der Waals surface area contributed by atoms with Gasteiger partial charge in [-0.25, -0.2) is 0 Å². The number of hydrogen-bond acceptors (Lipinski definition) is 2. The molecule has 16 heavy (non-hydrogen) atoms. The van der Waals surface area contributed by atoms with Crippen molar-refractivity contribution in [3.05, 3.63) is 0 Å². The maximum Gasteiger partial charge on any atom is 0.415 e. The van der Waals surface area contributed by atoms with Crippen molar-refractivity contribution in [1.29, 1.82) is 0 Å². The number of unbranched alkanes of at least 4 members (excludes halogenated alkanes) is 1. The van der Waals surface area contributed by atoms with Gasteiger partial charge in [-0.15, -0.1) is 0 Å². The molecule has 0 saturated carbocycles. The molecule has 0 aromatic rings. The molecule has 0 aliphatic carbocycles. The van der Waals surface area contributed by atoms with Crippen LogP contribution < -0.4 is 0 Å². The molecule has 1 aliphatic heterocycles. The standard InChI is InChI=1S/C10H19F3NOP/c1-3-4-7-16(2)14-5-6-15-9(8-14)10(11,12)13/h9H,3-8H2,1-2H3. The van der Waals surface area contributed by atoms with Crippen molar-refractivity contribution < 1.29 is 17.9 Å². The normalized spacial score (nSPS) is 25.7. The van der Waals surface area contributed by atoms with Crippen LogP contribution in [0.4, 0.5) is 13.2 Å². The number of hydrogen-bond donors (Lipinski definition) is 0. The highest BCUT2D eigenvalue weighted by atomic mass is 31.1. The molecule has 0 spiro atoms. The summed E-state index contributed by atoms with van der Waals surface area (Å²) in [6.07, 6.45) is -2.60. The second-order valence-electron chi connectivity index (χ2n) is 4.05. The maximum atomic E-state index is 12.5. The first-order valence-electron chi connectivity index (χ1n) is 5.59. The molecule has 6 heteroatoms. The Morgan fingerprint density at radius 1 is 1.44 bits per heavy atom. The lowest BCUT2D eigenvalue weighted by Crippen LogP contribution is -2.47. The summed E-state index contributed by atoms with van der Waals surface area (Å²) in [7, 11) is -0.425. The molecule has 2 unspecified atom stereocenters. The smallest absolute Gasteiger partial charge is 0.366 e. The van der Waals surface area contributed by atoms with Crippen molar-refractivity contribution in [2.75, 3.05) is 32.5 Å². The molecule has 0 aromatic heterocycles. The molecule has 0 N–H and O–H groups in total. The maximum absolute atomic E-state index is 12.5. The Labute approximate surface area is 95.9 Å². The summed E-state index contributed by atoms with van der Waals surface area (Å²) in [5.74, 6) is 0. The average molecular weight is 257 g/mol. The van der Waals surface area contributed by atoms with E-state index in [1.54, 1.807) is 0 Å². The summed E-state index contributed by atoms with van der Waals surface area (Å²) < 4.78 is 44.2. The molecule has 96 valence electrons. The lowest BCUT2D eigenvalue weighted by molar-refractivity contribution is -0.231. The van der Waals surface area contributed by atoms with E-state index >= 15 is 0 Å². The summed E-state index contributed by atoms with van der Waals surface area (Å²) in [6.45, 7) is 5.00. The van der Waals surface area contributed by atoms with Crippen LogP contribution in [0.5, 0.6) is 0 Å². The van der Waals surface area contributed by atoms with E-state index in [2.05, 4.69) is 13.6 Å². The van der Waals surface area contributed by atoms with E-state index in [-0.39, 0.29) is 13.2 Å². The van der Waals surface area contributed by atoms with Gasteiger partial charge in [0.25, 0.3) is 0 Å². The zero-order valence-electron chi connectivity index (χ0n) is 9.76. The van der Waals surface area contributed by atoms with E-state index in [1.165, 1.54) is 0 Å². The molecule has 1 saturated heterocycles. The molecule has 1 rings (SSSR count). The molecule has 1 aliphatic rings. The van der Waals surface area contributed by atoms with Gasteiger partial charge in [-0.1, -0.05) is 13.3 Å². The van der Waals surface area contributed by atoms with Crippen LogP contribution in [-0.4, -0.2) is 49.5 Å². The SMILES string of the molecule is CCCCP(C)N1CCOC(C(F)(F)F)C1. The summed E-state index contributed by atoms with van der Waals surface area (Å²) in [5, 5.41) is 0. The highest BCUT2D eigenvalue weighted by Crippen LogP contribution is 2.40. The van der Waals surface area contributed by atoms with Crippen LogP contribution >= 0.6 is 8.07 Å². The monoisotopic (exact) mass is 257 g/mol. The van der Waals surface area contributed by atoms with E-state index < -0.39 is 20.4 Å². The first kappa shape index (κ1) is 14.2. The van der Waals surface area contributed by atoms with Crippen molar-refractivity contribution in [3.8, 4) is 0 Å². The summed E-state index contributed by atoms with van der Waals surface area (Å²) in [6, 6.07) is 0. The van der Waals surface area contributed by atoms with E-state index in [1.807, 2.05) is 4.67 Å². The Bertz CT molecular complexity index is 213. The van der Waals surface area contributed by atoms with Gasteiger partial charge in [0.2, 0.25) is 0 Å². The molecule has 2 nitrogen and oxygen atoms in total. The first-order chi connectivity index (χ1) is 7.45. The zero-order valence-corrected chi connectivity index (χ0v) is 10.7. The summed E-state index contributed by atoms with van der Waals surface area (Å²) in [5.41, 5.74) is 0. The second kappa shape index (κ2) is 6.18. The minimum atomic E-state index is -4.22. The number of rotatable bonds is 4. The van der Waals surface area contributed by atoms with Gasteiger partial charge >= 0.3 is 6.18 Å². The van der Waals surface area contributed by atoms with Crippen LogP contribution in [0.3, 0.4) is 0 Å². The third kappa shape index (κ3) is 4.19. The van der Waals surface area contributed by atoms with Gasteiger partial charge in [0.05, 0.1) is 6.61 Å². The number of alkyl halides is 3. The number of ether oxygens (including phenoxy) is 1. The molecular formula is C10H19F3NOP. The van der Waals surface area contributed by atoms with Gasteiger partial charge < -0.3 is 4.74 Å². The van der Waals surface area contributed by atoms with Crippen LogP contribution in [0.15, 0.2) is 0 Å². The molecule has 0 radical (unpaired) electrons. The van der Waals surface area contributed by atoms with Crippen molar-refractivity contribution in [2.45, 2.75) is 32.0 Å². The predicted octanol–water partition coefficient (Wildman–Crippen LogP) is 3.08. The van der Waals surface area contributed by atoms with Gasteiger partial charge in [0.15, 0.2) is 6.10 Å². The fourth-order valence-electron chi connectivity index (χ4n) is 1.67. The van der Waals surface area contributed by atoms with Gasteiger partial charge in [-0.05, 0) is 27.3 Å². The molecule has 1 fully saturated rings. The van der Waals surface area contributed by atoms with Gasteiger partial charge in [-0.2, -0.15) is 13.2 Å². The Kier molecular flexibility index (Phi) is 5.48. The Hall–Kier alpha value is 0.140. The fourth-order valence-corrected chi connectivity index (χ4v) is 3.58. The average Bonchev–Trinajstić information content (AvgIpc) is 2.25.